The Morgan fingerprint density at radius 2 is 2.10 bits per heavy atom. The molecule has 104 valence electrons. The first-order valence-corrected chi connectivity index (χ1v) is 6.58. The molecule has 0 atom stereocenters. The first-order chi connectivity index (χ1) is 9.54. The lowest BCUT2D eigenvalue weighted by atomic mass is 10.1. The van der Waals surface area contributed by atoms with Gasteiger partial charge >= 0.3 is 5.97 Å². The summed E-state index contributed by atoms with van der Waals surface area (Å²) in [6, 6.07) is 5.39. The molecule has 0 saturated heterocycles. The van der Waals surface area contributed by atoms with E-state index in [1.807, 2.05) is 4.57 Å². The van der Waals surface area contributed by atoms with E-state index >= 15 is 0 Å². The molecule has 0 bridgehead atoms. The topological polar surface area (TPSA) is 59.3 Å². The number of carbonyl (C=O) groups is 1. The predicted molar refractivity (Wildman–Crippen MR) is 72.2 cm³/mol. The first-order valence-electron chi connectivity index (χ1n) is 6.58. The van der Waals surface area contributed by atoms with Crippen LogP contribution in [0.15, 0.2) is 29.1 Å². The van der Waals surface area contributed by atoms with E-state index in [2.05, 4.69) is 0 Å². The fraction of sp³-hybridized carbons (Fsp3) is 0.333. The van der Waals surface area contributed by atoms with Crippen LogP contribution in [0.25, 0.3) is 10.9 Å². The number of hydrogen-bond acceptors (Lipinski definition) is 2. The summed E-state index contributed by atoms with van der Waals surface area (Å²) in [5.74, 6) is -0.910. The van der Waals surface area contributed by atoms with Gasteiger partial charge in [-0.2, -0.15) is 0 Å². The van der Waals surface area contributed by atoms with Crippen LogP contribution in [0, 0.1) is 11.7 Å². The third kappa shape index (κ3) is 2.43. The number of aromatic nitrogens is 1. The van der Waals surface area contributed by atoms with Crippen LogP contribution in [0.3, 0.4) is 0 Å². The molecule has 0 radical (unpaired) electrons. The van der Waals surface area contributed by atoms with Crippen LogP contribution in [0.2, 0.25) is 0 Å². The van der Waals surface area contributed by atoms with Crippen molar-refractivity contribution in [2.24, 2.45) is 5.92 Å². The standard InChI is InChI=1S/C15H14FNO3/c16-10-3-4-13-12(5-10)14(18)6-11(7-15(19)20)17(13)8-9-1-2-9/h3-6,9H,1-2,7-8H2,(H,19,20). The SMILES string of the molecule is O=C(O)Cc1cc(=O)c2cc(F)ccc2n1CC1CC1. The molecule has 0 amide bonds. The molecular formula is C15H14FNO3. The number of carboxylic acids is 1. The number of aliphatic carboxylic acids is 1. The van der Waals surface area contributed by atoms with Crippen molar-refractivity contribution in [3.8, 4) is 0 Å². The van der Waals surface area contributed by atoms with Gasteiger partial charge < -0.3 is 9.67 Å². The number of hydrogen-bond donors (Lipinski definition) is 1. The van der Waals surface area contributed by atoms with Gasteiger partial charge in [0, 0.05) is 23.7 Å². The summed E-state index contributed by atoms with van der Waals surface area (Å²) in [5, 5.41) is 9.28. The molecule has 1 N–H and O–H groups in total. The van der Waals surface area contributed by atoms with Gasteiger partial charge in [-0.25, -0.2) is 4.39 Å². The number of benzene rings is 1. The zero-order valence-corrected chi connectivity index (χ0v) is 10.8. The highest BCUT2D eigenvalue weighted by Gasteiger charge is 2.24. The van der Waals surface area contributed by atoms with Crippen molar-refractivity contribution in [3.05, 3.63) is 46.0 Å². The Bertz CT molecular complexity index is 747. The molecule has 2 aromatic rings. The lowest BCUT2D eigenvalue weighted by molar-refractivity contribution is -0.136. The van der Waals surface area contributed by atoms with Crippen LogP contribution in [0.4, 0.5) is 4.39 Å². The average molecular weight is 275 g/mol. The quantitative estimate of drug-likeness (QED) is 0.930. The minimum Gasteiger partial charge on any atom is -0.481 e. The molecule has 3 rings (SSSR count). The second-order valence-electron chi connectivity index (χ2n) is 5.29. The zero-order valence-electron chi connectivity index (χ0n) is 10.8. The maximum atomic E-state index is 13.3. The van der Waals surface area contributed by atoms with Gasteiger partial charge in [-0.1, -0.05) is 0 Å². The highest BCUT2D eigenvalue weighted by atomic mass is 19.1. The molecule has 1 aromatic heterocycles. The van der Waals surface area contributed by atoms with Crippen molar-refractivity contribution in [3.63, 3.8) is 0 Å². The Labute approximate surface area is 114 Å². The predicted octanol–water partition coefficient (Wildman–Crippen LogP) is 2.18. The molecule has 1 heterocycles. The summed E-state index contributed by atoms with van der Waals surface area (Å²) in [6.45, 7) is 0.686. The van der Waals surface area contributed by atoms with Crippen LogP contribution >= 0.6 is 0 Å². The van der Waals surface area contributed by atoms with Gasteiger partial charge in [0.25, 0.3) is 0 Å². The van der Waals surface area contributed by atoms with Crippen molar-refractivity contribution in [1.29, 1.82) is 0 Å². The number of fused-ring (bicyclic) bond motifs is 1. The third-order valence-electron chi connectivity index (χ3n) is 3.63. The molecular weight excluding hydrogens is 261 g/mol. The van der Waals surface area contributed by atoms with Gasteiger partial charge in [0.05, 0.1) is 11.9 Å². The Morgan fingerprint density at radius 1 is 1.35 bits per heavy atom. The van der Waals surface area contributed by atoms with Crippen LogP contribution in [-0.4, -0.2) is 15.6 Å². The highest BCUT2D eigenvalue weighted by molar-refractivity contribution is 5.80. The zero-order chi connectivity index (χ0) is 14.3. The summed E-state index contributed by atoms with van der Waals surface area (Å²) in [7, 11) is 0. The number of rotatable bonds is 4. The lowest BCUT2D eigenvalue weighted by Gasteiger charge is -2.15. The van der Waals surface area contributed by atoms with Crippen molar-refractivity contribution < 1.29 is 14.3 Å². The summed E-state index contributed by atoms with van der Waals surface area (Å²) >= 11 is 0. The van der Waals surface area contributed by atoms with E-state index in [1.165, 1.54) is 18.2 Å². The monoisotopic (exact) mass is 275 g/mol. The molecule has 1 saturated carbocycles. The summed E-state index contributed by atoms with van der Waals surface area (Å²) in [6.07, 6.45) is 2.03. The van der Waals surface area contributed by atoms with Gasteiger partial charge in [-0.15, -0.1) is 0 Å². The Balaban J connectivity index is 2.23. The van der Waals surface area contributed by atoms with Crippen molar-refractivity contribution in [1.82, 2.24) is 4.57 Å². The van der Waals surface area contributed by atoms with Crippen LogP contribution in [0.1, 0.15) is 18.5 Å². The third-order valence-corrected chi connectivity index (χ3v) is 3.63. The fourth-order valence-corrected chi connectivity index (χ4v) is 2.48. The van der Waals surface area contributed by atoms with E-state index in [4.69, 9.17) is 5.11 Å². The Hall–Kier alpha value is -2.17. The molecule has 0 unspecified atom stereocenters. The molecule has 1 aliphatic carbocycles. The van der Waals surface area contributed by atoms with E-state index in [9.17, 15) is 14.0 Å². The molecule has 1 fully saturated rings. The number of halogens is 1. The summed E-state index contributed by atoms with van der Waals surface area (Å²) in [4.78, 5) is 23.0. The van der Waals surface area contributed by atoms with E-state index in [0.717, 1.165) is 12.8 Å². The first kappa shape index (κ1) is 12.8. The van der Waals surface area contributed by atoms with Crippen LogP contribution in [-0.2, 0) is 17.8 Å². The normalized spacial score (nSPS) is 14.7. The maximum absolute atomic E-state index is 13.3. The van der Waals surface area contributed by atoms with Gasteiger partial charge in [-0.3, -0.25) is 9.59 Å². The van der Waals surface area contributed by atoms with Crippen LogP contribution < -0.4 is 5.43 Å². The van der Waals surface area contributed by atoms with E-state index < -0.39 is 11.8 Å². The molecule has 0 aliphatic heterocycles. The Morgan fingerprint density at radius 3 is 2.75 bits per heavy atom. The molecule has 1 aromatic carbocycles. The minimum atomic E-state index is -0.976. The van der Waals surface area contributed by atoms with Gasteiger partial charge in [0.1, 0.15) is 5.82 Å². The smallest absolute Gasteiger partial charge is 0.309 e. The van der Waals surface area contributed by atoms with Gasteiger partial charge in [0.15, 0.2) is 5.43 Å². The molecule has 0 spiro atoms. The summed E-state index contributed by atoms with van der Waals surface area (Å²) in [5.41, 5.74) is 0.762. The van der Waals surface area contributed by atoms with E-state index in [1.54, 1.807) is 6.07 Å². The second kappa shape index (κ2) is 4.74. The average Bonchev–Trinajstić information content (AvgIpc) is 3.17. The number of nitrogens with zero attached hydrogens (tertiary/aromatic N) is 1. The number of carboxylic acid groups (broad SMARTS) is 1. The highest BCUT2D eigenvalue weighted by Crippen LogP contribution is 2.32. The molecule has 4 nitrogen and oxygen atoms in total. The maximum Gasteiger partial charge on any atom is 0.309 e. The van der Waals surface area contributed by atoms with Crippen LogP contribution in [0.5, 0.6) is 0 Å². The van der Waals surface area contributed by atoms with Gasteiger partial charge in [-0.05, 0) is 37.0 Å². The summed E-state index contributed by atoms with van der Waals surface area (Å²) < 4.78 is 15.1. The van der Waals surface area contributed by atoms with Crippen molar-refractivity contribution >= 4 is 16.9 Å². The van der Waals surface area contributed by atoms with E-state index in [0.29, 0.717) is 29.1 Å². The lowest BCUT2D eigenvalue weighted by Crippen LogP contribution is -2.18. The largest absolute Gasteiger partial charge is 0.481 e. The van der Waals surface area contributed by atoms with E-state index in [-0.39, 0.29) is 11.8 Å². The molecule has 1 aliphatic rings. The minimum absolute atomic E-state index is 0.199. The molecule has 20 heavy (non-hydrogen) atoms. The van der Waals surface area contributed by atoms with Crippen molar-refractivity contribution in [2.45, 2.75) is 25.8 Å². The number of pyridine rings is 1. The Kier molecular flexibility index (Phi) is 3.04. The second-order valence-corrected chi connectivity index (χ2v) is 5.29. The fourth-order valence-electron chi connectivity index (χ4n) is 2.48. The van der Waals surface area contributed by atoms with Crippen molar-refractivity contribution in [2.75, 3.05) is 0 Å². The van der Waals surface area contributed by atoms with Gasteiger partial charge in [0.2, 0.25) is 0 Å². The molecule has 5 heteroatoms.